The molecule has 1 atom stereocenters. The highest BCUT2D eigenvalue weighted by Crippen LogP contribution is 2.46. The fourth-order valence-electron chi connectivity index (χ4n) is 12.5. The molecule has 0 fully saturated rings. The summed E-state index contributed by atoms with van der Waals surface area (Å²) in [4.78, 5) is 11.1. The van der Waals surface area contributed by atoms with Crippen molar-refractivity contribution in [3.05, 3.63) is 302 Å². The van der Waals surface area contributed by atoms with Crippen LogP contribution in [0.3, 0.4) is 0 Å². The van der Waals surface area contributed by atoms with E-state index in [1.807, 2.05) is 12.1 Å². The Labute approximate surface area is 467 Å². The monoisotopic (exact) mass is 1040 g/mol. The number of benzene rings is 12. The van der Waals surface area contributed by atoms with Crippen molar-refractivity contribution in [1.82, 2.24) is 14.5 Å². The molecule has 15 aromatic rings. The van der Waals surface area contributed by atoms with Crippen molar-refractivity contribution in [1.29, 1.82) is 0 Å². The van der Waals surface area contributed by atoms with Crippen LogP contribution < -0.4 is 5.32 Å². The second-order valence-corrected chi connectivity index (χ2v) is 20.9. The van der Waals surface area contributed by atoms with Crippen LogP contribution in [0.25, 0.3) is 121 Å². The number of aromatic nitrogens is 2. The lowest BCUT2D eigenvalue weighted by molar-refractivity contribution is 0.663. The van der Waals surface area contributed by atoms with Crippen LogP contribution in [0.2, 0.25) is 0 Å². The molecule has 1 unspecified atom stereocenters. The first-order valence-corrected chi connectivity index (χ1v) is 27.6. The van der Waals surface area contributed by atoms with Crippen LogP contribution in [0.4, 0.5) is 0 Å². The zero-order chi connectivity index (χ0) is 53.4. The first-order chi connectivity index (χ1) is 40.2. The number of nitrogens with zero attached hydrogens (tertiary/aromatic N) is 4. The van der Waals surface area contributed by atoms with E-state index in [2.05, 4.69) is 287 Å². The highest BCUT2D eigenvalue weighted by Gasteiger charge is 2.28. The number of hydrogen-bond acceptors (Lipinski definition) is 4. The van der Waals surface area contributed by atoms with E-state index in [4.69, 9.17) is 14.4 Å². The van der Waals surface area contributed by atoms with Gasteiger partial charge in [-0.05, 0) is 117 Å². The Balaban J connectivity index is 0.936. The molecule has 4 heterocycles. The number of nitrogens with one attached hydrogen (secondary N) is 1. The van der Waals surface area contributed by atoms with Gasteiger partial charge in [0.25, 0.3) is 0 Å². The molecule has 0 saturated heterocycles. The lowest BCUT2D eigenvalue weighted by Crippen LogP contribution is -2.34. The second kappa shape index (κ2) is 19.0. The summed E-state index contributed by atoms with van der Waals surface area (Å²) in [5.74, 6) is 1.29. The summed E-state index contributed by atoms with van der Waals surface area (Å²) in [6, 6.07) is 102. The van der Waals surface area contributed by atoms with Crippen molar-refractivity contribution in [2.45, 2.75) is 6.17 Å². The van der Waals surface area contributed by atoms with E-state index >= 15 is 0 Å². The Bertz CT molecular complexity index is 5010. The van der Waals surface area contributed by atoms with Gasteiger partial charge in [0, 0.05) is 43.6 Å². The molecule has 6 heteroatoms. The van der Waals surface area contributed by atoms with Crippen LogP contribution in [0, 0.1) is 0 Å². The van der Waals surface area contributed by atoms with Gasteiger partial charge >= 0.3 is 0 Å². The van der Waals surface area contributed by atoms with Gasteiger partial charge in [-0.25, -0.2) is 9.98 Å². The Morgan fingerprint density at radius 3 is 1.58 bits per heavy atom. The normalized spacial score (nSPS) is 13.6. The van der Waals surface area contributed by atoms with Crippen molar-refractivity contribution < 1.29 is 4.42 Å². The molecule has 16 rings (SSSR count). The van der Waals surface area contributed by atoms with Gasteiger partial charge in [0.15, 0.2) is 5.84 Å². The minimum Gasteiger partial charge on any atom is -0.455 e. The number of rotatable bonds is 9. The minimum absolute atomic E-state index is 0.496. The number of aliphatic imine (C=N–C) groups is 2. The Hall–Kier alpha value is -10.8. The summed E-state index contributed by atoms with van der Waals surface area (Å²) in [6.45, 7) is 0. The topological polar surface area (TPSA) is 59.8 Å². The highest BCUT2D eigenvalue weighted by molar-refractivity contribution is 6.24. The maximum absolute atomic E-state index is 6.71. The van der Waals surface area contributed by atoms with Crippen LogP contribution in [0.15, 0.2) is 300 Å². The van der Waals surface area contributed by atoms with Crippen LogP contribution >= 0.6 is 0 Å². The van der Waals surface area contributed by atoms with Gasteiger partial charge in [-0.1, -0.05) is 218 Å². The molecule has 12 aromatic carbocycles. The molecule has 0 saturated carbocycles. The molecule has 1 N–H and O–H groups in total. The molecular weight excluding hydrogens is 987 g/mol. The van der Waals surface area contributed by atoms with Crippen molar-refractivity contribution in [2.24, 2.45) is 9.98 Å². The van der Waals surface area contributed by atoms with Crippen LogP contribution in [0.5, 0.6) is 0 Å². The third-order valence-corrected chi connectivity index (χ3v) is 16.2. The molecule has 0 bridgehead atoms. The van der Waals surface area contributed by atoms with E-state index < -0.39 is 6.17 Å². The predicted molar refractivity (Wildman–Crippen MR) is 336 cm³/mol. The third-order valence-electron chi connectivity index (χ3n) is 16.2. The summed E-state index contributed by atoms with van der Waals surface area (Å²) in [5.41, 5.74) is 20.1. The van der Waals surface area contributed by atoms with Crippen LogP contribution in [-0.4, -0.2) is 20.8 Å². The van der Waals surface area contributed by atoms with E-state index in [1.54, 1.807) is 0 Å². The lowest BCUT2D eigenvalue weighted by Gasteiger charge is -2.26. The lowest BCUT2D eigenvalue weighted by atomic mass is 9.95. The van der Waals surface area contributed by atoms with Crippen molar-refractivity contribution in [3.8, 4) is 55.9 Å². The molecule has 0 aliphatic carbocycles. The smallest absolute Gasteiger partial charge is 0.163 e. The zero-order valence-corrected chi connectivity index (χ0v) is 43.9. The number of para-hydroxylation sites is 4. The standard InChI is InChI=1S/C75H49N5O/c1-5-21-48(22-6-1)51-27-17-28-54(45-51)73-76-74(78-75(77-73)63-36-18-35-59-56-31-14-16-40-69(56)81-72(59)63)62-44-42-53(50-25-9-3-10-26-50)47-68(62)80-64-37-15-13-32-60(64)70-57(34-20-39-66(70)80)58-33-19-38-65-71(58)61-43-41-52(49-23-7-2-8-24-49)46-67(61)79(65)55-29-11-4-12-30-55/h1-47,73H,(H,76,77,78). The highest BCUT2D eigenvalue weighted by atomic mass is 16.3. The van der Waals surface area contributed by atoms with E-state index in [9.17, 15) is 0 Å². The number of amidine groups is 2. The average molecular weight is 1040 g/mol. The minimum atomic E-state index is -0.496. The summed E-state index contributed by atoms with van der Waals surface area (Å²) in [6.07, 6.45) is -0.496. The van der Waals surface area contributed by atoms with Gasteiger partial charge in [0.05, 0.1) is 33.3 Å². The molecule has 380 valence electrons. The molecule has 1 aliphatic heterocycles. The molecule has 3 aromatic heterocycles. The summed E-state index contributed by atoms with van der Waals surface area (Å²) >= 11 is 0. The number of furan rings is 1. The summed E-state index contributed by atoms with van der Waals surface area (Å²) in [7, 11) is 0. The Morgan fingerprint density at radius 2 is 0.864 bits per heavy atom. The molecule has 0 radical (unpaired) electrons. The molecule has 0 spiro atoms. The van der Waals surface area contributed by atoms with E-state index in [0.29, 0.717) is 11.7 Å². The maximum atomic E-state index is 6.71. The molecule has 6 nitrogen and oxygen atoms in total. The van der Waals surface area contributed by atoms with E-state index in [0.717, 1.165) is 105 Å². The van der Waals surface area contributed by atoms with E-state index in [-0.39, 0.29) is 0 Å². The largest absolute Gasteiger partial charge is 0.455 e. The second-order valence-electron chi connectivity index (χ2n) is 20.9. The fraction of sp³-hybridized carbons (Fsp3) is 0.0133. The zero-order valence-electron chi connectivity index (χ0n) is 43.9. The SMILES string of the molecule is c1ccc(-c2cccc(C3N=C(c4cccc5c4oc4ccccc45)N=C(c4ccc(-c5ccccc5)cc4-n4c5ccccc5c5c(-c6cccc7c6c6ccc(-c8ccccc8)cc6n7-c6ccccc6)cccc54)N3)c2)cc1. The van der Waals surface area contributed by atoms with Crippen molar-refractivity contribution in [3.63, 3.8) is 0 Å². The van der Waals surface area contributed by atoms with Crippen molar-refractivity contribution >= 4 is 77.2 Å². The first kappa shape index (κ1) is 46.3. The first-order valence-electron chi connectivity index (χ1n) is 27.6. The molecular formula is C75H49N5O. The number of fused-ring (bicyclic) bond motifs is 9. The molecule has 0 amide bonds. The number of hydrogen-bond donors (Lipinski definition) is 1. The fourth-order valence-corrected chi connectivity index (χ4v) is 12.5. The van der Waals surface area contributed by atoms with Gasteiger partial charge in [0.1, 0.15) is 23.2 Å². The average Bonchev–Trinajstić information content (AvgIpc) is 4.34. The predicted octanol–water partition coefficient (Wildman–Crippen LogP) is 18.9. The molecule has 1 aliphatic rings. The third kappa shape index (κ3) is 7.71. The van der Waals surface area contributed by atoms with Gasteiger partial charge in [0.2, 0.25) is 0 Å². The quantitative estimate of drug-likeness (QED) is 0.157. The van der Waals surface area contributed by atoms with Gasteiger partial charge in [-0.15, -0.1) is 0 Å². The van der Waals surface area contributed by atoms with E-state index in [1.165, 1.54) is 32.8 Å². The van der Waals surface area contributed by atoms with Crippen LogP contribution in [0.1, 0.15) is 22.9 Å². The summed E-state index contributed by atoms with van der Waals surface area (Å²) in [5, 5.41) is 10.7. The maximum Gasteiger partial charge on any atom is 0.163 e. The van der Waals surface area contributed by atoms with Crippen LogP contribution in [-0.2, 0) is 0 Å². The van der Waals surface area contributed by atoms with Gasteiger partial charge in [-0.3, -0.25) is 0 Å². The Kier molecular flexibility index (Phi) is 10.8. The van der Waals surface area contributed by atoms with Gasteiger partial charge in [-0.2, -0.15) is 0 Å². The molecule has 81 heavy (non-hydrogen) atoms. The van der Waals surface area contributed by atoms with Crippen molar-refractivity contribution in [2.75, 3.05) is 0 Å². The summed E-state index contributed by atoms with van der Waals surface area (Å²) < 4.78 is 11.6. The van der Waals surface area contributed by atoms with Gasteiger partial charge < -0.3 is 18.9 Å². The Morgan fingerprint density at radius 1 is 0.346 bits per heavy atom.